The van der Waals surface area contributed by atoms with Gasteiger partial charge in [-0.1, -0.05) is 12.1 Å². The molecule has 2 aromatic carbocycles. The average Bonchev–Trinajstić information content (AvgIpc) is 3.57. The van der Waals surface area contributed by atoms with Gasteiger partial charge in [0.1, 0.15) is 5.75 Å². The standard InChI is InChI=1S/C29H33N3O9S/c1-4-40-20-10-12-31(16-22-21-9-11-30-27(21)17(2)13-24(22)39-3)23(14-20)18-5-7-19(8-6-18)29(35)41-32-26(33)15-25(28(32)34)42(36,37)38/h5-9,11,13,20,23,25,30H,4,10,12,14-16H2,1-3H3,(H,36,37,38). The van der Waals surface area contributed by atoms with E-state index in [9.17, 15) is 27.4 Å². The fraction of sp³-hybridized carbons (Fsp3) is 0.414. The monoisotopic (exact) mass is 599 g/mol. The summed E-state index contributed by atoms with van der Waals surface area (Å²) in [6.45, 7) is 6.01. The molecule has 12 nitrogen and oxygen atoms in total. The molecule has 2 aliphatic heterocycles. The van der Waals surface area contributed by atoms with Crippen molar-refractivity contribution >= 4 is 38.8 Å². The molecule has 1 aromatic heterocycles. The number of benzene rings is 2. The van der Waals surface area contributed by atoms with E-state index in [1.54, 1.807) is 19.2 Å². The van der Waals surface area contributed by atoms with Crippen molar-refractivity contribution in [3.05, 3.63) is 64.8 Å². The molecule has 2 aliphatic rings. The van der Waals surface area contributed by atoms with Gasteiger partial charge in [0, 0.05) is 48.4 Å². The van der Waals surface area contributed by atoms with Crippen LogP contribution in [-0.2, 0) is 35.8 Å². The van der Waals surface area contributed by atoms with Crippen LogP contribution in [0.3, 0.4) is 0 Å². The third-order valence-electron chi connectivity index (χ3n) is 7.89. The number of hydroxylamine groups is 2. The second kappa shape index (κ2) is 11.8. The maximum Gasteiger partial charge on any atom is 0.363 e. The Labute approximate surface area is 243 Å². The van der Waals surface area contributed by atoms with Crippen LogP contribution in [0.4, 0.5) is 0 Å². The normalized spacial score (nSPS) is 21.7. The van der Waals surface area contributed by atoms with Gasteiger partial charge < -0.3 is 19.3 Å². The zero-order valence-corrected chi connectivity index (χ0v) is 24.3. The highest BCUT2D eigenvalue weighted by Crippen LogP contribution is 2.38. The lowest BCUT2D eigenvalue weighted by Crippen LogP contribution is -2.39. The van der Waals surface area contributed by atoms with Crippen LogP contribution >= 0.6 is 0 Å². The molecule has 0 bridgehead atoms. The molecule has 224 valence electrons. The van der Waals surface area contributed by atoms with E-state index in [1.165, 1.54) is 12.1 Å². The van der Waals surface area contributed by atoms with Gasteiger partial charge in [-0.15, -0.1) is 5.06 Å². The summed E-state index contributed by atoms with van der Waals surface area (Å²) in [5, 5.41) is -0.797. The van der Waals surface area contributed by atoms with Crippen molar-refractivity contribution in [1.29, 1.82) is 0 Å². The molecule has 5 rings (SSSR count). The van der Waals surface area contributed by atoms with Gasteiger partial charge in [0.25, 0.3) is 21.9 Å². The first-order chi connectivity index (χ1) is 20.0. The van der Waals surface area contributed by atoms with Gasteiger partial charge in [0.05, 0.1) is 25.2 Å². The first-order valence-electron chi connectivity index (χ1n) is 13.7. The van der Waals surface area contributed by atoms with Crippen molar-refractivity contribution in [3.8, 4) is 5.75 Å². The van der Waals surface area contributed by atoms with Crippen LogP contribution in [0.25, 0.3) is 10.9 Å². The molecule has 3 atom stereocenters. The Balaban J connectivity index is 1.37. The first-order valence-corrected chi connectivity index (χ1v) is 15.2. The van der Waals surface area contributed by atoms with Gasteiger partial charge in [-0.2, -0.15) is 8.42 Å². The number of aryl methyl sites for hydroxylation is 1. The smallest absolute Gasteiger partial charge is 0.363 e. The first kappa shape index (κ1) is 29.7. The summed E-state index contributed by atoms with van der Waals surface area (Å²) < 4.78 is 43.7. The molecule has 0 radical (unpaired) electrons. The number of carbonyl (C=O) groups excluding carboxylic acids is 3. The number of methoxy groups -OCH3 is 1. The summed E-state index contributed by atoms with van der Waals surface area (Å²) in [6, 6.07) is 10.7. The lowest BCUT2D eigenvalue weighted by Gasteiger charge is -2.40. The zero-order chi connectivity index (χ0) is 30.2. The van der Waals surface area contributed by atoms with Gasteiger partial charge in [0.2, 0.25) is 0 Å². The Bertz CT molecular complexity index is 1620. The number of amides is 2. The molecule has 2 saturated heterocycles. The molecule has 2 N–H and O–H groups in total. The maximum atomic E-state index is 12.7. The average molecular weight is 600 g/mol. The summed E-state index contributed by atoms with van der Waals surface area (Å²) in [5.41, 5.74) is 4.23. The van der Waals surface area contributed by atoms with Crippen LogP contribution in [0.5, 0.6) is 5.75 Å². The number of aromatic nitrogens is 1. The van der Waals surface area contributed by atoms with Crippen LogP contribution < -0.4 is 4.74 Å². The number of H-pyrrole nitrogens is 1. The maximum absolute atomic E-state index is 12.7. The minimum absolute atomic E-state index is 0.0439. The number of piperidine rings is 1. The second-order valence-electron chi connectivity index (χ2n) is 10.5. The highest BCUT2D eigenvalue weighted by atomic mass is 32.2. The van der Waals surface area contributed by atoms with Crippen LogP contribution in [-0.4, -0.2) is 77.3 Å². The van der Waals surface area contributed by atoms with Crippen molar-refractivity contribution in [3.63, 3.8) is 0 Å². The summed E-state index contributed by atoms with van der Waals surface area (Å²) in [5.74, 6) is -2.54. The Morgan fingerprint density at radius 1 is 1.17 bits per heavy atom. The molecular weight excluding hydrogens is 566 g/mol. The second-order valence-corrected chi connectivity index (χ2v) is 12.1. The van der Waals surface area contributed by atoms with Crippen molar-refractivity contribution < 1.29 is 41.7 Å². The summed E-state index contributed by atoms with van der Waals surface area (Å²) in [7, 11) is -3.15. The molecule has 42 heavy (non-hydrogen) atoms. The minimum atomic E-state index is -4.82. The highest BCUT2D eigenvalue weighted by Gasteiger charge is 2.48. The van der Waals surface area contributed by atoms with Crippen LogP contribution in [0.15, 0.2) is 42.6 Å². The number of imide groups is 1. The Hall–Kier alpha value is -3.78. The number of nitrogens with zero attached hydrogens (tertiary/aromatic N) is 2. The quantitative estimate of drug-likeness (QED) is 0.276. The van der Waals surface area contributed by atoms with Gasteiger partial charge in [-0.05, 0) is 62.1 Å². The molecular formula is C29H33N3O9S. The van der Waals surface area contributed by atoms with Gasteiger partial charge in [-0.3, -0.25) is 19.0 Å². The van der Waals surface area contributed by atoms with Crippen LogP contribution in [0, 0.1) is 6.92 Å². The summed E-state index contributed by atoms with van der Waals surface area (Å²) in [6.07, 6.45) is 2.78. The number of ether oxygens (including phenoxy) is 2. The van der Waals surface area contributed by atoms with Crippen LogP contribution in [0.1, 0.15) is 59.3 Å². The van der Waals surface area contributed by atoms with E-state index < -0.39 is 39.6 Å². The molecule has 0 spiro atoms. The van der Waals surface area contributed by atoms with Crippen LogP contribution in [0.2, 0.25) is 0 Å². The predicted octanol–water partition coefficient (Wildman–Crippen LogP) is 3.31. The number of nitrogens with one attached hydrogen (secondary N) is 1. The molecule has 3 unspecified atom stereocenters. The van der Waals surface area contributed by atoms with Gasteiger partial charge >= 0.3 is 5.97 Å². The number of likely N-dealkylation sites (tertiary alicyclic amines) is 1. The predicted molar refractivity (Wildman–Crippen MR) is 151 cm³/mol. The Morgan fingerprint density at radius 3 is 2.55 bits per heavy atom. The third-order valence-corrected chi connectivity index (χ3v) is 8.97. The van der Waals surface area contributed by atoms with E-state index >= 15 is 0 Å². The Kier molecular flexibility index (Phi) is 8.37. The number of rotatable bonds is 9. The van der Waals surface area contributed by atoms with E-state index in [0.717, 1.165) is 52.7 Å². The minimum Gasteiger partial charge on any atom is -0.496 e. The third kappa shape index (κ3) is 5.77. The van der Waals surface area contributed by atoms with E-state index in [1.807, 2.05) is 26.1 Å². The van der Waals surface area contributed by atoms with Crippen molar-refractivity contribution in [2.75, 3.05) is 20.3 Å². The lowest BCUT2D eigenvalue weighted by molar-refractivity contribution is -0.172. The molecule has 0 aliphatic carbocycles. The molecule has 13 heteroatoms. The zero-order valence-electron chi connectivity index (χ0n) is 23.5. The number of hydrogen-bond acceptors (Lipinski definition) is 9. The van der Waals surface area contributed by atoms with E-state index in [4.69, 9.17) is 14.3 Å². The number of fused-ring (bicyclic) bond motifs is 1. The molecule has 0 saturated carbocycles. The molecule has 2 fully saturated rings. The topological polar surface area (TPSA) is 156 Å². The number of aromatic amines is 1. The SMILES string of the molecule is CCOC1CCN(Cc2c(OC)cc(C)c3[nH]ccc23)C(c2ccc(C(=O)ON3C(=O)CC(S(=O)(=O)O)C3=O)cc2)C1. The van der Waals surface area contributed by atoms with Gasteiger partial charge in [-0.25, -0.2) is 4.79 Å². The van der Waals surface area contributed by atoms with Gasteiger partial charge in [0.15, 0.2) is 5.25 Å². The number of carbonyl (C=O) groups is 3. The van der Waals surface area contributed by atoms with Crippen molar-refractivity contribution in [1.82, 2.24) is 14.9 Å². The van der Waals surface area contributed by atoms with E-state index in [-0.39, 0.29) is 22.8 Å². The van der Waals surface area contributed by atoms with E-state index in [0.29, 0.717) is 13.2 Å². The van der Waals surface area contributed by atoms with Crippen molar-refractivity contribution in [2.24, 2.45) is 0 Å². The highest BCUT2D eigenvalue weighted by molar-refractivity contribution is 7.87. The largest absolute Gasteiger partial charge is 0.496 e. The Morgan fingerprint density at radius 2 is 1.90 bits per heavy atom. The molecule has 3 heterocycles. The summed E-state index contributed by atoms with van der Waals surface area (Å²) in [4.78, 5) is 47.7. The fourth-order valence-corrected chi connectivity index (χ4v) is 6.48. The van der Waals surface area contributed by atoms with Crippen molar-refractivity contribution in [2.45, 2.75) is 57.1 Å². The number of hydrogen-bond donors (Lipinski definition) is 2. The summed E-state index contributed by atoms with van der Waals surface area (Å²) >= 11 is 0. The molecule has 2 amide bonds. The fourth-order valence-electron chi connectivity index (χ4n) is 5.78. The lowest BCUT2D eigenvalue weighted by atomic mass is 9.91. The van der Waals surface area contributed by atoms with E-state index in [2.05, 4.69) is 16.0 Å². The molecule has 3 aromatic rings.